The molecular formula is C20H14N3O+. The molecule has 0 amide bonds. The molecule has 2 aromatic carbocycles. The SMILES string of the molecule is Cc1cccc2c1c1c3c(nc[n+]1C)oc1c4ccccc4n2c13. The van der Waals surface area contributed by atoms with Crippen molar-refractivity contribution in [2.75, 3.05) is 0 Å². The first-order valence-electron chi connectivity index (χ1n) is 8.06. The second-order valence-corrected chi connectivity index (χ2v) is 6.49. The summed E-state index contributed by atoms with van der Waals surface area (Å²) in [6, 6.07) is 14.9. The third kappa shape index (κ3) is 1.20. The number of fused-ring (bicyclic) bond motifs is 6. The number of pyridine rings is 1. The zero-order chi connectivity index (χ0) is 16.0. The molecule has 0 saturated carbocycles. The lowest BCUT2D eigenvalue weighted by Gasteiger charge is -2.09. The summed E-state index contributed by atoms with van der Waals surface area (Å²) in [5, 5.41) is 3.49. The van der Waals surface area contributed by atoms with Crippen LogP contribution in [0.2, 0.25) is 0 Å². The Balaban J connectivity index is 2.18. The lowest BCUT2D eigenvalue weighted by molar-refractivity contribution is -0.647. The van der Waals surface area contributed by atoms with Gasteiger partial charge in [-0.2, -0.15) is 0 Å². The van der Waals surface area contributed by atoms with Gasteiger partial charge in [-0.3, -0.25) is 0 Å². The molecule has 4 aromatic heterocycles. The van der Waals surface area contributed by atoms with E-state index >= 15 is 0 Å². The van der Waals surface area contributed by atoms with Crippen LogP contribution in [-0.2, 0) is 7.05 Å². The van der Waals surface area contributed by atoms with E-state index in [1.54, 1.807) is 0 Å². The van der Waals surface area contributed by atoms with Gasteiger partial charge in [-0.15, -0.1) is 0 Å². The fraction of sp³-hybridized carbons (Fsp3) is 0.100. The van der Waals surface area contributed by atoms with Gasteiger partial charge in [0.15, 0.2) is 11.1 Å². The largest absolute Gasteiger partial charge is 0.417 e. The minimum Gasteiger partial charge on any atom is -0.417 e. The number of aryl methyl sites for hydroxylation is 2. The Morgan fingerprint density at radius 3 is 2.75 bits per heavy atom. The molecule has 0 radical (unpaired) electrons. The monoisotopic (exact) mass is 312 g/mol. The van der Waals surface area contributed by atoms with Gasteiger partial charge in [0, 0.05) is 10.8 Å². The minimum atomic E-state index is 0.710. The summed E-state index contributed by atoms with van der Waals surface area (Å²) in [5.74, 6) is 0. The van der Waals surface area contributed by atoms with E-state index in [2.05, 4.69) is 70.4 Å². The highest BCUT2D eigenvalue weighted by Gasteiger charge is 2.27. The van der Waals surface area contributed by atoms with Crippen LogP contribution in [0.1, 0.15) is 5.56 Å². The van der Waals surface area contributed by atoms with Gasteiger partial charge in [0.2, 0.25) is 0 Å². The van der Waals surface area contributed by atoms with Crippen LogP contribution in [0.5, 0.6) is 0 Å². The minimum absolute atomic E-state index is 0.710. The van der Waals surface area contributed by atoms with Crippen LogP contribution in [0.4, 0.5) is 0 Å². The summed E-state index contributed by atoms with van der Waals surface area (Å²) in [5.41, 5.74) is 7.59. The molecule has 0 aliphatic heterocycles. The average molecular weight is 312 g/mol. The summed E-state index contributed by atoms with van der Waals surface area (Å²) in [6.07, 6.45) is 1.84. The van der Waals surface area contributed by atoms with Gasteiger partial charge in [0.1, 0.15) is 10.9 Å². The van der Waals surface area contributed by atoms with Crippen LogP contribution in [0.15, 0.2) is 53.2 Å². The van der Waals surface area contributed by atoms with Crippen molar-refractivity contribution in [3.63, 3.8) is 0 Å². The van der Waals surface area contributed by atoms with E-state index in [-0.39, 0.29) is 0 Å². The van der Waals surface area contributed by atoms with E-state index in [4.69, 9.17) is 4.42 Å². The summed E-state index contributed by atoms with van der Waals surface area (Å²) in [6.45, 7) is 2.17. The van der Waals surface area contributed by atoms with Gasteiger partial charge in [0.05, 0.1) is 18.1 Å². The van der Waals surface area contributed by atoms with Crippen LogP contribution in [0.25, 0.3) is 49.5 Å². The molecule has 6 rings (SSSR count). The zero-order valence-electron chi connectivity index (χ0n) is 13.4. The molecule has 114 valence electrons. The highest BCUT2D eigenvalue weighted by Crippen LogP contribution is 2.41. The molecule has 4 heteroatoms. The second kappa shape index (κ2) is 3.85. The van der Waals surface area contributed by atoms with E-state index < -0.39 is 0 Å². The molecule has 0 spiro atoms. The molecule has 0 bridgehead atoms. The van der Waals surface area contributed by atoms with E-state index in [9.17, 15) is 0 Å². The topological polar surface area (TPSA) is 34.3 Å². The van der Waals surface area contributed by atoms with Gasteiger partial charge >= 0.3 is 5.71 Å². The van der Waals surface area contributed by atoms with Crippen molar-refractivity contribution in [3.05, 3.63) is 54.4 Å². The number of para-hydroxylation sites is 1. The van der Waals surface area contributed by atoms with Crippen LogP contribution < -0.4 is 4.57 Å². The van der Waals surface area contributed by atoms with Crippen molar-refractivity contribution in [3.8, 4) is 0 Å². The summed E-state index contributed by atoms with van der Waals surface area (Å²) >= 11 is 0. The third-order valence-electron chi connectivity index (χ3n) is 5.14. The summed E-state index contributed by atoms with van der Waals surface area (Å²) in [4.78, 5) is 4.52. The molecule has 0 aliphatic carbocycles. The standard InChI is InChI=1S/C20H14N3O/c1-11-6-5-9-14-15(11)17-16-18-19(24-20(16)21-10-22(17)2)12-7-3-4-8-13(12)23(14)18/h3-10H,1-2H3/q+1. The van der Waals surface area contributed by atoms with Crippen LogP contribution >= 0.6 is 0 Å². The lowest BCUT2D eigenvalue weighted by atomic mass is 10.1. The molecule has 4 nitrogen and oxygen atoms in total. The number of hydrogen-bond donors (Lipinski definition) is 0. The summed E-state index contributed by atoms with van der Waals surface area (Å²) < 4.78 is 10.6. The second-order valence-electron chi connectivity index (χ2n) is 6.49. The molecule has 0 atom stereocenters. The first kappa shape index (κ1) is 12.3. The average Bonchev–Trinajstić information content (AvgIpc) is 3.12. The first-order chi connectivity index (χ1) is 11.8. The van der Waals surface area contributed by atoms with Crippen molar-refractivity contribution in [2.45, 2.75) is 6.92 Å². The summed E-state index contributed by atoms with van der Waals surface area (Å²) in [7, 11) is 2.05. The predicted octanol–water partition coefficient (Wildman–Crippen LogP) is 4.11. The van der Waals surface area contributed by atoms with Gasteiger partial charge in [-0.05, 0) is 35.7 Å². The third-order valence-corrected chi connectivity index (χ3v) is 5.14. The van der Waals surface area contributed by atoms with Gasteiger partial charge in [-0.1, -0.05) is 24.3 Å². The number of furan rings is 1. The first-order valence-corrected chi connectivity index (χ1v) is 8.06. The van der Waals surface area contributed by atoms with Crippen molar-refractivity contribution in [1.29, 1.82) is 0 Å². The van der Waals surface area contributed by atoms with Crippen molar-refractivity contribution in [1.82, 2.24) is 9.38 Å². The number of rotatable bonds is 0. The Hall–Kier alpha value is -3.14. The van der Waals surface area contributed by atoms with E-state index in [0.29, 0.717) is 5.71 Å². The molecule has 4 heterocycles. The van der Waals surface area contributed by atoms with Crippen molar-refractivity contribution >= 4 is 49.5 Å². The van der Waals surface area contributed by atoms with Crippen LogP contribution in [0.3, 0.4) is 0 Å². The molecule has 24 heavy (non-hydrogen) atoms. The fourth-order valence-electron chi connectivity index (χ4n) is 4.16. The smallest absolute Gasteiger partial charge is 0.347 e. The lowest BCUT2D eigenvalue weighted by Crippen LogP contribution is -2.29. The maximum Gasteiger partial charge on any atom is 0.347 e. The molecule has 0 saturated heterocycles. The number of benzene rings is 2. The molecule has 6 aromatic rings. The Morgan fingerprint density at radius 1 is 1.00 bits per heavy atom. The Kier molecular flexibility index (Phi) is 1.97. The number of nitrogens with zero attached hydrogens (tertiary/aromatic N) is 3. The number of aromatic nitrogens is 3. The fourth-order valence-corrected chi connectivity index (χ4v) is 4.16. The number of hydrogen-bond acceptors (Lipinski definition) is 2. The van der Waals surface area contributed by atoms with Crippen molar-refractivity contribution < 1.29 is 8.98 Å². The van der Waals surface area contributed by atoms with Crippen molar-refractivity contribution in [2.24, 2.45) is 7.05 Å². The molecule has 0 unspecified atom stereocenters. The van der Waals surface area contributed by atoms with E-state index in [1.165, 1.54) is 27.5 Å². The zero-order valence-corrected chi connectivity index (χ0v) is 13.4. The van der Waals surface area contributed by atoms with Gasteiger partial charge in [-0.25, -0.2) is 4.57 Å². The Bertz CT molecular complexity index is 1420. The molecule has 0 N–H and O–H groups in total. The molecule has 0 fully saturated rings. The normalized spacial score (nSPS) is 12.6. The maximum absolute atomic E-state index is 6.19. The molecular weight excluding hydrogens is 298 g/mol. The highest BCUT2D eigenvalue weighted by atomic mass is 16.3. The van der Waals surface area contributed by atoms with E-state index in [0.717, 1.165) is 21.9 Å². The maximum atomic E-state index is 6.19. The van der Waals surface area contributed by atoms with Crippen LogP contribution in [0, 0.1) is 6.92 Å². The van der Waals surface area contributed by atoms with E-state index in [1.807, 2.05) is 6.33 Å². The highest BCUT2D eigenvalue weighted by molar-refractivity contribution is 6.25. The van der Waals surface area contributed by atoms with Gasteiger partial charge < -0.3 is 8.82 Å². The quantitative estimate of drug-likeness (QED) is 0.312. The van der Waals surface area contributed by atoms with Gasteiger partial charge in [0.25, 0.3) is 6.33 Å². The predicted molar refractivity (Wildman–Crippen MR) is 94.6 cm³/mol. The Morgan fingerprint density at radius 2 is 1.83 bits per heavy atom. The molecule has 0 aliphatic rings. The Labute approximate surface area is 136 Å². The van der Waals surface area contributed by atoms with Crippen LogP contribution in [-0.4, -0.2) is 9.38 Å².